The van der Waals surface area contributed by atoms with Crippen molar-refractivity contribution < 1.29 is 8.42 Å². The fourth-order valence-corrected chi connectivity index (χ4v) is 3.09. The zero-order valence-corrected chi connectivity index (χ0v) is 15.1. The molecular formula is C18H16ClN3O2S. The normalized spacial score (nSPS) is 11.9. The van der Waals surface area contributed by atoms with E-state index in [1.165, 1.54) is 6.20 Å². The highest BCUT2D eigenvalue weighted by molar-refractivity contribution is 7.95. The van der Waals surface area contributed by atoms with Crippen molar-refractivity contribution in [2.24, 2.45) is 7.05 Å². The first kappa shape index (κ1) is 17.3. The Labute approximate surface area is 151 Å². The van der Waals surface area contributed by atoms with Gasteiger partial charge in [-0.05, 0) is 23.8 Å². The summed E-state index contributed by atoms with van der Waals surface area (Å²) in [6, 6.07) is 9.25. The third kappa shape index (κ3) is 3.92. The molecule has 25 heavy (non-hydrogen) atoms. The fourth-order valence-electron chi connectivity index (χ4n) is 2.44. The lowest BCUT2D eigenvalue weighted by Gasteiger charge is -2.04. The number of pyridine rings is 1. The first-order valence-corrected chi connectivity index (χ1v) is 9.34. The van der Waals surface area contributed by atoms with E-state index >= 15 is 0 Å². The van der Waals surface area contributed by atoms with E-state index in [0.29, 0.717) is 10.7 Å². The SMILES string of the molecule is C=CS(=O)(=O)Nc1cnc2c(c1)c(C=Cc1ccc(Cl)cc1)cn2C. The fraction of sp³-hybridized carbons (Fsp3) is 0.0556. The molecule has 1 N–H and O–H groups in total. The predicted molar refractivity (Wildman–Crippen MR) is 104 cm³/mol. The van der Waals surface area contributed by atoms with Crippen molar-refractivity contribution in [2.75, 3.05) is 4.72 Å². The topological polar surface area (TPSA) is 64.0 Å². The van der Waals surface area contributed by atoms with Gasteiger partial charge in [0.2, 0.25) is 0 Å². The Morgan fingerprint density at radius 3 is 2.64 bits per heavy atom. The molecule has 0 bridgehead atoms. The van der Waals surface area contributed by atoms with Crippen LogP contribution in [0.1, 0.15) is 11.1 Å². The number of aryl methyl sites for hydroxylation is 1. The lowest BCUT2D eigenvalue weighted by molar-refractivity contribution is 0.609. The first-order valence-electron chi connectivity index (χ1n) is 7.42. The van der Waals surface area contributed by atoms with Crippen molar-refractivity contribution in [3.05, 3.63) is 70.9 Å². The third-order valence-corrected chi connectivity index (χ3v) is 4.86. The van der Waals surface area contributed by atoms with Crippen molar-refractivity contribution in [3.8, 4) is 0 Å². The minimum Gasteiger partial charge on any atom is -0.335 e. The Kier molecular flexibility index (Phi) is 4.65. The number of hydrogen-bond acceptors (Lipinski definition) is 3. The minimum absolute atomic E-state index is 0.389. The van der Waals surface area contributed by atoms with E-state index in [-0.39, 0.29) is 0 Å². The lowest BCUT2D eigenvalue weighted by Crippen LogP contribution is -2.08. The molecule has 3 aromatic rings. The van der Waals surface area contributed by atoms with E-state index < -0.39 is 10.0 Å². The number of anilines is 1. The van der Waals surface area contributed by atoms with Crippen LogP contribution in [0.25, 0.3) is 23.2 Å². The number of aromatic nitrogens is 2. The summed E-state index contributed by atoms with van der Waals surface area (Å²) in [6.45, 7) is 3.29. The molecule has 5 nitrogen and oxygen atoms in total. The number of fused-ring (bicyclic) bond motifs is 1. The highest BCUT2D eigenvalue weighted by atomic mass is 35.5. The molecule has 0 aliphatic carbocycles. The first-order chi connectivity index (χ1) is 11.9. The van der Waals surface area contributed by atoms with E-state index in [1.54, 1.807) is 6.07 Å². The van der Waals surface area contributed by atoms with Gasteiger partial charge in [0.1, 0.15) is 5.65 Å². The summed E-state index contributed by atoms with van der Waals surface area (Å²) in [5.74, 6) is 0. The average molecular weight is 374 g/mol. The van der Waals surface area contributed by atoms with E-state index in [0.717, 1.165) is 27.6 Å². The molecule has 0 radical (unpaired) electrons. The Bertz CT molecular complexity index is 1070. The van der Waals surface area contributed by atoms with Crippen LogP contribution in [0.2, 0.25) is 5.02 Å². The molecule has 0 spiro atoms. The van der Waals surface area contributed by atoms with Gasteiger partial charge in [-0.2, -0.15) is 0 Å². The summed E-state index contributed by atoms with van der Waals surface area (Å²) in [5, 5.41) is 2.39. The van der Waals surface area contributed by atoms with Crippen LogP contribution in [0.15, 0.2) is 54.7 Å². The molecule has 7 heteroatoms. The Balaban J connectivity index is 2.00. The summed E-state index contributed by atoms with van der Waals surface area (Å²) >= 11 is 5.89. The molecule has 0 aliphatic rings. The maximum absolute atomic E-state index is 11.6. The molecule has 3 rings (SSSR count). The standard InChI is InChI=1S/C18H16ClN3O2S/c1-3-25(23,24)21-16-10-17-14(12-22(2)18(17)20-11-16)7-4-13-5-8-15(19)9-6-13/h3-12,21H,1H2,2H3. The van der Waals surface area contributed by atoms with Gasteiger partial charge in [0.25, 0.3) is 10.0 Å². The number of nitrogens with one attached hydrogen (secondary N) is 1. The molecule has 1 aromatic carbocycles. The number of hydrogen-bond donors (Lipinski definition) is 1. The van der Waals surface area contributed by atoms with Crippen molar-refractivity contribution in [1.82, 2.24) is 9.55 Å². The summed E-state index contributed by atoms with van der Waals surface area (Å²) in [4.78, 5) is 4.34. The second kappa shape index (κ2) is 6.74. The van der Waals surface area contributed by atoms with Gasteiger partial charge in [0.05, 0.1) is 11.9 Å². The number of nitrogens with zero attached hydrogens (tertiary/aromatic N) is 2. The van der Waals surface area contributed by atoms with Gasteiger partial charge >= 0.3 is 0 Å². The van der Waals surface area contributed by atoms with E-state index in [2.05, 4.69) is 16.3 Å². The van der Waals surface area contributed by atoms with Gasteiger partial charge in [0, 0.05) is 34.6 Å². The highest BCUT2D eigenvalue weighted by Gasteiger charge is 2.10. The summed E-state index contributed by atoms with van der Waals surface area (Å²) < 4.78 is 27.6. The lowest BCUT2D eigenvalue weighted by atomic mass is 10.1. The number of rotatable bonds is 5. The van der Waals surface area contributed by atoms with Gasteiger partial charge in [-0.25, -0.2) is 13.4 Å². The van der Waals surface area contributed by atoms with E-state index in [4.69, 9.17) is 11.6 Å². The van der Waals surface area contributed by atoms with Crippen LogP contribution in [0.4, 0.5) is 5.69 Å². The molecule has 0 atom stereocenters. The van der Waals surface area contributed by atoms with E-state index in [1.807, 2.05) is 54.2 Å². The minimum atomic E-state index is -3.57. The van der Waals surface area contributed by atoms with Crippen molar-refractivity contribution >= 4 is 50.5 Å². The van der Waals surface area contributed by atoms with Gasteiger partial charge < -0.3 is 4.57 Å². The Morgan fingerprint density at radius 1 is 1.24 bits per heavy atom. The molecule has 2 heterocycles. The van der Waals surface area contributed by atoms with Crippen molar-refractivity contribution in [3.63, 3.8) is 0 Å². The molecule has 0 amide bonds. The Hall–Kier alpha value is -2.57. The quantitative estimate of drug-likeness (QED) is 0.725. The van der Waals surface area contributed by atoms with E-state index in [9.17, 15) is 8.42 Å². The maximum Gasteiger partial charge on any atom is 0.254 e. The number of sulfonamides is 1. The third-order valence-electron chi connectivity index (χ3n) is 3.65. The molecular weight excluding hydrogens is 358 g/mol. The van der Waals surface area contributed by atoms with Crippen molar-refractivity contribution in [1.29, 1.82) is 0 Å². The highest BCUT2D eigenvalue weighted by Crippen LogP contribution is 2.24. The van der Waals surface area contributed by atoms with Crippen LogP contribution < -0.4 is 4.72 Å². The monoisotopic (exact) mass is 373 g/mol. The molecule has 0 fully saturated rings. The van der Waals surface area contributed by atoms with Gasteiger partial charge in [-0.3, -0.25) is 4.72 Å². The second-order valence-corrected chi connectivity index (χ2v) is 7.55. The average Bonchev–Trinajstić information content (AvgIpc) is 2.90. The van der Waals surface area contributed by atoms with Crippen LogP contribution in [-0.4, -0.2) is 18.0 Å². The summed E-state index contributed by atoms with van der Waals surface area (Å²) in [5.41, 5.74) is 3.09. The van der Waals surface area contributed by atoms with Crippen LogP contribution in [0.3, 0.4) is 0 Å². The largest absolute Gasteiger partial charge is 0.335 e. The van der Waals surface area contributed by atoms with Gasteiger partial charge in [-0.1, -0.05) is 42.5 Å². The zero-order chi connectivity index (χ0) is 18.0. The van der Waals surface area contributed by atoms with Crippen LogP contribution in [0, 0.1) is 0 Å². The van der Waals surface area contributed by atoms with Gasteiger partial charge in [0.15, 0.2) is 0 Å². The second-order valence-electron chi connectivity index (χ2n) is 5.49. The summed E-state index contributed by atoms with van der Waals surface area (Å²) in [7, 11) is -1.68. The smallest absolute Gasteiger partial charge is 0.254 e. The van der Waals surface area contributed by atoms with Crippen molar-refractivity contribution in [2.45, 2.75) is 0 Å². The van der Waals surface area contributed by atoms with Gasteiger partial charge in [-0.15, -0.1) is 0 Å². The zero-order valence-electron chi connectivity index (χ0n) is 13.5. The van der Waals surface area contributed by atoms with Crippen LogP contribution >= 0.6 is 11.6 Å². The van der Waals surface area contributed by atoms with Crippen LogP contribution in [-0.2, 0) is 17.1 Å². The number of halogens is 1. The maximum atomic E-state index is 11.6. The number of benzene rings is 1. The molecule has 0 saturated heterocycles. The Morgan fingerprint density at radius 2 is 1.96 bits per heavy atom. The van der Waals surface area contributed by atoms with Crippen LogP contribution in [0.5, 0.6) is 0 Å². The molecule has 0 aliphatic heterocycles. The molecule has 0 saturated carbocycles. The summed E-state index contributed by atoms with van der Waals surface area (Å²) in [6.07, 6.45) is 7.34. The predicted octanol–water partition coefficient (Wildman–Crippen LogP) is 4.28. The molecule has 0 unspecified atom stereocenters. The molecule has 128 valence electrons. The molecule has 2 aromatic heterocycles.